The summed E-state index contributed by atoms with van der Waals surface area (Å²) >= 11 is 0. The molecule has 1 aromatic rings. The van der Waals surface area contributed by atoms with Crippen LogP contribution >= 0.6 is 0 Å². The van der Waals surface area contributed by atoms with Crippen LogP contribution in [0.3, 0.4) is 0 Å². The number of nitrogens with one attached hydrogen (secondary N) is 1. The van der Waals surface area contributed by atoms with Crippen molar-refractivity contribution in [1.82, 2.24) is 5.32 Å². The summed E-state index contributed by atoms with van der Waals surface area (Å²) in [6, 6.07) is 9.40. The van der Waals surface area contributed by atoms with Crippen LogP contribution in [0.15, 0.2) is 24.3 Å². The molecule has 2 unspecified atom stereocenters. The average Bonchev–Trinajstić information content (AvgIpc) is 2.40. The van der Waals surface area contributed by atoms with Crippen LogP contribution in [-0.4, -0.2) is 33.3 Å². The first-order valence-corrected chi connectivity index (χ1v) is 6.74. The molecule has 0 saturated carbocycles. The number of rotatable bonds is 4. The van der Waals surface area contributed by atoms with Gasteiger partial charge in [-0.3, -0.25) is 0 Å². The number of piperidine rings is 1. The fourth-order valence-corrected chi connectivity index (χ4v) is 2.78. The first-order chi connectivity index (χ1) is 8.74. The van der Waals surface area contributed by atoms with Crippen molar-refractivity contribution in [2.75, 3.05) is 32.1 Å². The van der Waals surface area contributed by atoms with E-state index in [0.29, 0.717) is 18.6 Å². The van der Waals surface area contributed by atoms with Gasteiger partial charge in [-0.1, -0.05) is 19.1 Å². The number of anilines is 1. The van der Waals surface area contributed by atoms with Gasteiger partial charge in [-0.05, 0) is 37.1 Å². The van der Waals surface area contributed by atoms with E-state index in [1.54, 1.807) is 7.11 Å². The van der Waals surface area contributed by atoms with E-state index in [0.717, 1.165) is 13.1 Å². The van der Waals surface area contributed by atoms with Crippen LogP contribution < -0.4 is 10.2 Å². The standard InChI is InChI=1S/C15H24N2O/c1-12-10-17(9-8-15(12)16-2)14-6-4-13(5-7-14)11-18-3/h4-7,12,15-16H,8-11H2,1-3H3. The lowest BCUT2D eigenvalue weighted by molar-refractivity contribution is 0.185. The topological polar surface area (TPSA) is 24.5 Å². The van der Waals surface area contributed by atoms with Crippen molar-refractivity contribution in [1.29, 1.82) is 0 Å². The maximum atomic E-state index is 5.14. The Bertz CT molecular complexity index is 363. The normalized spacial score (nSPS) is 24.3. The van der Waals surface area contributed by atoms with Gasteiger partial charge >= 0.3 is 0 Å². The smallest absolute Gasteiger partial charge is 0.0713 e. The molecule has 100 valence electrons. The van der Waals surface area contributed by atoms with Gasteiger partial charge in [-0.2, -0.15) is 0 Å². The van der Waals surface area contributed by atoms with Crippen molar-refractivity contribution in [2.45, 2.75) is 26.0 Å². The van der Waals surface area contributed by atoms with E-state index in [1.165, 1.54) is 17.7 Å². The molecule has 3 nitrogen and oxygen atoms in total. The molecule has 1 aliphatic rings. The second-order valence-corrected chi connectivity index (χ2v) is 5.21. The summed E-state index contributed by atoms with van der Waals surface area (Å²) in [7, 11) is 3.80. The van der Waals surface area contributed by atoms with Gasteiger partial charge in [0.2, 0.25) is 0 Å². The molecular weight excluding hydrogens is 224 g/mol. The fraction of sp³-hybridized carbons (Fsp3) is 0.600. The number of nitrogens with zero attached hydrogens (tertiary/aromatic N) is 1. The third-order valence-electron chi connectivity index (χ3n) is 3.89. The Labute approximate surface area is 110 Å². The van der Waals surface area contributed by atoms with Crippen molar-refractivity contribution < 1.29 is 4.74 Å². The summed E-state index contributed by atoms with van der Waals surface area (Å²) in [4.78, 5) is 2.48. The molecule has 0 aromatic heterocycles. The maximum Gasteiger partial charge on any atom is 0.0713 e. The molecule has 3 heteroatoms. The molecule has 1 heterocycles. The molecule has 1 N–H and O–H groups in total. The van der Waals surface area contributed by atoms with Crippen LogP contribution in [0.5, 0.6) is 0 Å². The summed E-state index contributed by atoms with van der Waals surface area (Å²) in [6.07, 6.45) is 1.22. The van der Waals surface area contributed by atoms with Gasteiger partial charge in [0.25, 0.3) is 0 Å². The Kier molecular flexibility index (Phi) is 4.61. The summed E-state index contributed by atoms with van der Waals surface area (Å²) in [5.74, 6) is 0.697. The molecule has 18 heavy (non-hydrogen) atoms. The minimum absolute atomic E-state index is 0.661. The summed E-state index contributed by atoms with van der Waals surface area (Å²) in [5, 5.41) is 3.41. The van der Waals surface area contributed by atoms with E-state index in [4.69, 9.17) is 4.74 Å². The van der Waals surface area contributed by atoms with Crippen LogP contribution in [-0.2, 0) is 11.3 Å². The van der Waals surface area contributed by atoms with Crippen molar-refractivity contribution in [3.8, 4) is 0 Å². The number of hydrogen-bond donors (Lipinski definition) is 1. The van der Waals surface area contributed by atoms with Crippen LogP contribution in [0.2, 0.25) is 0 Å². The second kappa shape index (κ2) is 6.21. The van der Waals surface area contributed by atoms with Crippen LogP contribution in [0, 0.1) is 5.92 Å². The van der Waals surface area contributed by atoms with E-state index in [-0.39, 0.29) is 0 Å². The number of benzene rings is 1. The van der Waals surface area contributed by atoms with Crippen LogP contribution in [0.4, 0.5) is 5.69 Å². The zero-order valence-electron chi connectivity index (χ0n) is 11.6. The number of methoxy groups -OCH3 is 1. The van der Waals surface area contributed by atoms with Crippen molar-refractivity contribution in [3.63, 3.8) is 0 Å². The quantitative estimate of drug-likeness (QED) is 0.884. The van der Waals surface area contributed by atoms with E-state index >= 15 is 0 Å². The summed E-state index contributed by atoms with van der Waals surface area (Å²) < 4.78 is 5.14. The van der Waals surface area contributed by atoms with Gasteiger partial charge in [0.15, 0.2) is 0 Å². The molecule has 0 aliphatic carbocycles. The fourth-order valence-electron chi connectivity index (χ4n) is 2.78. The minimum Gasteiger partial charge on any atom is -0.380 e. The second-order valence-electron chi connectivity index (χ2n) is 5.21. The number of hydrogen-bond acceptors (Lipinski definition) is 3. The van der Waals surface area contributed by atoms with E-state index in [1.807, 2.05) is 0 Å². The van der Waals surface area contributed by atoms with E-state index < -0.39 is 0 Å². The highest BCUT2D eigenvalue weighted by Gasteiger charge is 2.24. The Morgan fingerprint density at radius 1 is 1.33 bits per heavy atom. The largest absolute Gasteiger partial charge is 0.380 e. The zero-order valence-corrected chi connectivity index (χ0v) is 11.6. The first-order valence-electron chi connectivity index (χ1n) is 6.74. The monoisotopic (exact) mass is 248 g/mol. The van der Waals surface area contributed by atoms with Gasteiger partial charge in [0, 0.05) is 31.9 Å². The summed E-state index contributed by atoms with van der Waals surface area (Å²) in [6.45, 7) is 5.29. The first kappa shape index (κ1) is 13.4. The maximum absolute atomic E-state index is 5.14. The van der Waals surface area contributed by atoms with Gasteiger partial charge in [0.1, 0.15) is 0 Å². The Balaban J connectivity index is 1.99. The molecule has 1 aliphatic heterocycles. The lowest BCUT2D eigenvalue weighted by atomic mass is 9.93. The molecule has 1 fully saturated rings. The predicted octanol–water partition coefficient (Wildman–Crippen LogP) is 2.27. The SMILES string of the molecule is CNC1CCN(c2ccc(COC)cc2)CC1C. The summed E-state index contributed by atoms with van der Waals surface area (Å²) in [5.41, 5.74) is 2.57. The molecule has 2 atom stereocenters. The van der Waals surface area contributed by atoms with Gasteiger partial charge < -0.3 is 15.0 Å². The highest BCUT2D eigenvalue weighted by atomic mass is 16.5. The molecule has 0 spiro atoms. The number of ether oxygens (including phenoxy) is 1. The van der Waals surface area contributed by atoms with E-state index in [2.05, 4.69) is 48.5 Å². The lowest BCUT2D eigenvalue weighted by Crippen LogP contribution is -2.47. The third kappa shape index (κ3) is 3.03. The Morgan fingerprint density at radius 2 is 2.06 bits per heavy atom. The highest BCUT2D eigenvalue weighted by molar-refractivity contribution is 5.48. The molecule has 0 amide bonds. The van der Waals surface area contributed by atoms with Crippen molar-refractivity contribution >= 4 is 5.69 Å². The Hall–Kier alpha value is -1.06. The van der Waals surface area contributed by atoms with Crippen LogP contribution in [0.25, 0.3) is 0 Å². The molecular formula is C15H24N2O. The molecule has 1 saturated heterocycles. The lowest BCUT2D eigenvalue weighted by Gasteiger charge is -2.38. The minimum atomic E-state index is 0.661. The highest BCUT2D eigenvalue weighted by Crippen LogP contribution is 2.23. The molecule has 2 rings (SSSR count). The van der Waals surface area contributed by atoms with Crippen molar-refractivity contribution in [3.05, 3.63) is 29.8 Å². The average molecular weight is 248 g/mol. The van der Waals surface area contributed by atoms with Gasteiger partial charge in [-0.25, -0.2) is 0 Å². The van der Waals surface area contributed by atoms with Crippen molar-refractivity contribution in [2.24, 2.45) is 5.92 Å². The predicted molar refractivity (Wildman–Crippen MR) is 76.0 cm³/mol. The Morgan fingerprint density at radius 3 is 2.61 bits per heavy atom. The molecule has 1 aromatic carbocycles. The van der Waals surface area contributed by atoms with Gasteiger partial charge in [0.05, 0.1) is 6.61 Å². The van der Waals surface area contributed by atoms with Gasteiger partial charge in [-0.15, -0.1) is 0 Å². The zero-order chi connectivity index (χ0) is 13.0. The van der Waals surface area contributed by atoms with E-state index in [9.17, 15) is 0 Å². The molecule has 0 radical (unpaired) electrons. The third-order valence-corrected chi connectivity index (χ3v) is 3.89. The molecule has 0 bridgehead atoms. The van der Waals surface area contributed by atoms with Crippen LogP contribution in [0.1, 0.15) is 18.9 Å².